The van der Waals surface area contributed by atoms with E-state index in [2.05, 4.69) is 30.7 Å². The van der Waals surface area contributed by atoms with Crippen molar-refractivity contribution < 1.29 is 23.5 Å². The molecular weight excluding hydrogens is 558 g/mol. The topological polar surface area (TPSA) is 150 Å². The molecular formula is C29H35N7O5S. The highest BCUT2D eigenvalue weighted by Gasteiger charge is 2.21. The van der Waals surface area contributed by atoms with Crippen molar-refractivity contribution in [1.29, 1.82) is 0 Å². The molecule has 1 saturated heterocycles. The number of nitrogens with two attached hydrogens (primary N) is 1. The number of carbonyl (C=O) groups is 1. The molecule has 4 aromatic rings. The summed E-state index contributed by atoms with van der Waals surface area (Å²) < 4.78 is 21.8. The molecule has 42 heavy (non-hydrogen) atoms. The predicted molar refractivity (Wildman–Crippen MR) is 163 cm³/mol. The van der Waals surface area contributed by atoms with Crippen LogP contribution in [0.4, 0.5) is 22.3 Å². The number of benzene rings is 2. The number of hydrogen-bond donors (Lipinski definition) is 3. The molecule has 0 aliphatic carbocycles. The summed E-state index contributed by atoms with van der Waals surface area (Å²) in [4.78, 5) is 24.5. The van der Waals surface area contributed by atoms with Gasteiger partial charge in [0.15, 0.2) is 16.6 Å². The van der Waals surface area contributed by atoms with E-state index in [1.807, 2.05) is 25.1 Å². The number of nitrogen functional groups attached to an aromatic ring is 1. The Bertz CT molecular complexity index is 1520. The van der Waals surface area contributed by atoms with Crippen LogP contribution in [0, 0.1) is 6.92 Å². The van der Waals surface area contributed by atoms with Crippen molar-refractivity contribution in [2.45, 2.75) is 32.6 Å². The lowest BCUT2D eigenvalue weighted by molar-refractivity contribution is -0.116. The maximum atomic E-state index is 12.6. The van der Waals surface area contributed by atoms with E-state index in [9.17, 15) is 4.79 Å². The summed E-state index contributed by atoms with van der Waals surface area (Å²) in [6.07, 6.45) is 4.13. The smallest absolute Gasteiger partial charge is 0.272 e. The number of anilines is 4. The van der Waals surface area contributed by atoms with Gasteiger partial charge in [-0.25, -0.2) is 4.98 Å². The first kappa shape index (κ1) is 29.1. The van der Waals surface area contributed by atoms with E-state index in [4.69, 9.17) is 24.5 Å². The number of nitrogens with zero attached hydrogens (tertiary/aromatic N) is 4. The van der Waals surface area contributed by atoms with Crippen molar-refractivity contribution in [3.05, 3.63) is 35.9 Å². The van der Waals surface area contributed by atoms with Crippen molar-refractivity contribution in [2.24, 2.45) is 0 Å². The van der Waals surface area contributed by atoms with E-state index in [0.29, 0.717) is 50.9 Å². The van der Waals surface area contributed by atoms with Gasteiger partial charge >= 0.3 is 0 Å². The second kappa shape index (κ2) is 13.1. The molecule has 2 aromatic carbocycles. The van der Waals surface area contributed by atoms with Gasteiger partial charge in [-0.1, -0.05) is 29.0 Å². The summed E-state index contributed by atoms with van der Waals surface area (Å²) in [5.74, 6) is 2.35. The van der Waals surface area contributed by atoms with Crippen LogP contribution in [-0.4, -0.2) is 66.9 Å². The molecule has 0 bridgehead atoms. The van der Waals surface area contributed by atoms with Crippen LogP contribution in [0.15, 0.2) is 34.9 Å². The van der Waals surface area contributed by atoms with Crippen molar-refractivity contribution >= 4 is 39.6 Å². The highest BCUT2D eigenvalue weighted by atomic mass is 32.1. The number of rotatable bonds is 11. The van der Waals surface area contributed by atoms with Gasteiger partial charge in [0.05, 0.1) is 21.3 Å². The number of aryl methyl sites for hydroxylation is 1. The number of nitrogens with one attached hydrogen (secondary N) is 2. The molecule has 12 nitrogen and oxygen atoms in total. The molecule has 1 aliphatic rings. The molecule has 0 saturated carbocycles. The fourth-order valence-electron chi connectivity index (χ4n) is 4.85. The Labute approximate surface area is 248 Å². The molecule has 1 amide bonds. The van der Waals surface area contributed by atoms with Gasteiger partial charge in [-0.05, 0) is 50.6 Å². The number of piperidine rings is 1. The van der Waals surface area contributed by atoms with Gasteiger partial charge in [0.2, 0.25) is 17.5 Å². The molecule has 1 aliphatic heterocycles. The minimum atomic E-state index is -0.0197. The first-order valence-electron chi connectivity index (χ1n) is 13.7. The van der Waals surface area contributed by atoms with Crippen LogP contribution in [0.25, 0.3) is 22.2 Å². The zero-order valence-corrected chi connectivity index (χ0v) is 25.0. The summed E-state index contributed by atoms with van der Waals surface area (Å²) in [5.41, 5.74) is 9.27. The fraction of sp³-hybridized carbons (Fsp3) is 0.379. The van der Waals surface area contributed by atoms with Crippen LogP contribution in [0.1, 0.15) is 31.2 Å². The minimum Gasteiger partial charge on any atom is -0.493 e. The molecule has 3 heterocycles. The molecule has 222 valence electrons. The van der Waals surface area contributed by atoms with Gasteiger partial charge in [0.1, 0.15) is 10.7 Å². The average molecular weight is 594 g/mol. The maximum absolute atomic E-state index is 12.6. The van der Waals surface area contributed by atoms with E-state index < -0.39 is 0 Å². The Morgan fingerprint density at radius 3 is 2.45 bits per heavy atom. The van der Waals surface area contributed by atoms with Crippen LogP contribution in [0.3, 0.4) is 0 Å². The van der Waals surface area contributed by atoms with Crippen LogP contribution < -0.4 is 30.6 Å². The second-order valence-corrected chi connectivity index (χ2v) is 10.9. The van der Waals surface area contributed by atoms with Gasteiger partial charge < -0.3 is 40.0 Å². The zero-order chi connectivity index (χ0) is 29.6. The predicted octanol–water partition coefficient (Wildman–Crippen LogP) is 5.33. The number of ether oxygens (including phenoxy) is 3. The van der Waals surface area contributed by atoms with E-state index >= 15 is 0 Å². The third kappa shape index (κ3) is 6.58. The van der Waals surface area contributed by atoms with Crippen molar-refractivity contribution in [1.82, 2.24) is 20.0 Å². The summed E-state index contributed by atoms with van der Waals surface area (Å²) in [7, 11) is 4.65. The minimum absolute atomic E-state index is 0.0197. The van der Waals surface area contributed by atoms with Crippen LogP contribution in [-0.2, 0) is 4.79 Å². The normalized spacial score (nSPS) is 13.5. The Morgan fingerprint density at radius 1 is 1.02 bits per heavy atom. The highest BCUT2D eigenvalue weighted by molar-refractivity contribution is 7.19. The number of methoxy groups -OCH3 is 3. The van der Waals surface area contributed by atoms with Gasteiger partial charge in [0, 0.05) is 42.0 Å². The molecule has 0 spiro atoms. The average Bonchev–Trinajstić information content (AvgIpc) is 3.63. The standard InChI is InChI=1S/C29H35N7O5S/c1-17-8-9-18(31-23(37)10-13-36-11-6-5-7-12-36)14-20(17)27-34-28(41-35-27)25-26(30)33-29(42-25)32-19-15-21(38-2)24(40-4)22(16-19)39-3/h8-9,14-16H,5-7,10-13,30H2,1-4H3,(H,31,37)(H,32,33). The number of thiazole rings is 1. The van der Waals surface area contributed by atoms with E-state index in [-0.39, 0.29) is 17.6 Å². The summed E-state index contributed by atoms with van der Waals surface area (Å²) in [6.45, 7) is 4.85. The second-order valence-electron chi connectivity index (χ2n) is 9.93. The number of amides is 1. The zero-order valence-electron chi connectivity index (χ0n) is 24.2. The third-order valence-corrected chi connectivity index (χ3v) is 8.03. The Kier molecular flexibility index (Phi) is 9.08. The lowest BCUT2D eigenvalue weighted by atomic mass is 10.1. The largest absolute Gasteiger partial charge is 0.493 e. The molecule has 5 rings (SSSR count). The number of aromatic nitrogens is 3. The van der Waals surface area contributed by atoms with Crippen LogP contribution in [0.5, 0.6) is 17.2 Å². The van der Waals surface area contributed by atoms with E-state index in [1.165, 1.54) is 30.6 Å². The quantitative estimate of drug-likeness (QED) is 0.207. The Hall–Kier alpha value is -4.36. The number of hydrogen-bond acceptors (Lipinski definition) is 12. The molecule has 1 fully saturated rings. The summed E-state index contributed by atoms with van der Waals surface area (Å²) >= 11 is 1.27. The van der Waals surface area contributed by atoms with Crippen molar-refractivity contribution in [2.75, 3.05) is 57.3 Å². The lowest BCUT2D eigenvalue weighted by Crippen LogP contribution is -2.32. The molecule has 13 heteroatoms. The van der Waals surface area contributed by atoms with Gasteiger partial charge in [-0.2, -0.15) is 4.98 Å². The van der Waals surface area contributed by atoms with Crippen molar-refractivity contribution in [3.8, 4) is 39.4 Å². The van der Waals surface area contributed by atoms with Crippen LogP contribution >= 0.6 is 11.3 Å². The third-order valence-electron chi connectivity index (χ3n) is 7.06. The van der Waals surface area contributed by atoms with E-state index in [1.54, 1.807) is 33.5 Å². The monoisotopic (exact) mass is 593 g/mol. The Balaban J connectivity index is 1.30. The molecule has 0 unspecified atom stereocenters. The number of likely N-dealkylation sites (tertiary alicyclic amines) is 1. The van der Waals surface area contributed by atoms with Crippen LogP contribution in [0.2, 0.25) is 0 Å². The summed E-state index contributed by atoms with van der Waals surface area (Å²) in [5, 5.41) is 10.9. The summed E-state index contributed by atoms with van der Waals surface area (Å²) in [6, 6.07) is 9.19. The van der Waals surface area contributed by atoms with Crippen molar-refractivity contribution in [3.63, 3.8) is 0 Å². The maximum Gasteiger partial charge on any atom is 0.272 e. The van der Waals surface area contributed by atoms with Gasteiger partial charge in [0.25, 0.3) is 5.89 Å². The first-order chi connectivity index (χ1) is 20.4. The van der Waals surface area contributed by atoms with Gasteiger partial charge in [-0.3, -0.25) is 4.79 Å². The Morgan fingerprint density at radius 2 is 1.76 bits per heavy atom. The van der Waals surface area contributed by atoms with Gasteiger partial charge in [-0.15, -0.1) is 0 Å². The molecule has 2 aromatic heterocycles. The lowest BCUT2D eigenvalue weighted by Gasteiger charge is -2.25. The molecule has 0 radical (unpaired) electrons. The SMILES string of the molecule is COc1cc(Nc2nc(N)c(-c3nc(-c4cc(NC(=O)CCN5CCCCC5)ccc4C)no3)s2)cc(OC)c1OC. The first-order valence-corrected chi connectivity index (χ1v) is 14.5. The highest BCUT2D eigenvalue weighted by Crippen LogP contribution is 2.42. The fourth-order valence-corrected chi connectivity index (χ4v) is 5.67. The molecule has 0 atom stereocenters. The van der Waals surface area contributed by atoms with E-state index in [0.717, 1.165) is 30.8 Å². The molecule has 4 N–H and O–H groups in total. The number of carbonyl (C=O) groups excluding carboxylic acids is 1.